The first-order valence-electron chi connectivity index (χ1n) is 5.11. The van der Waals surface area contributed by atoms with Gasteiger partial charge >= 0.3 is 0 Å². The molecule has 86 valence electrons. The van der Waals surface area contributed by atoms with Crippen molar-refractivity contribution in [1.82, 2.24) is 14.7 Å². The number of nitriles is 1. The molecule has 0 aliphatic rings. The van der Waals surface area contributed by atoms with Crippen molar-refractivity contribution in [2.24, 2.45) is 13.0 Å². The van der Waals surface area contributed by atoms with Gasteiger partial charge in [-0.2, -0.15) is 10.4 Å². The molecule has 0 N–H and O–H groups in total. The average molecular weight is 220 g/mol. The summed E-state index contributed by atoms with van der Waals surface area (Å²) < 4.78 is 1.56. The van der Waals surface area contributed by atoms with E-state index in [2.05, 4.69) is 11.2 Å². The van der Waals surface area contributed by atoms with Gasteiger partial charge < -0.3 is 4.90 Å². The summed E-state index contributed by atoms with van der Waals surface area (Å²) in [5.41, 5.74) is 1.36. The summed E-state index contributed by atoms with van der Waals surface area (Å²) in [5, 5.41) is 12.8. The summed E-state index contributed by atoms with van der Waals surface area (Å²) >= 11 is 0. The molecule has 5 heteroatoms. The lowest BCUT2D eigenvalue weighted by Gasteiger charge is -2.17. The first kappa shape index (κ1) is 12.2. The van der Waals surface area contributed by atoms with Gasteiger partial charge in [0, 0.05) is 20.6 Å². The molecule has 0 aliphatic heterocycles. The van der Waals surface area contributed by atoms with E-state index in [0.29, 0.717) is 12.2 Å². The number of aryl methyl sites for hydroxylation is 2. The average Bonchev–Trinajstić information content (AvgIpc) is 2.56. The minimum Gasteiger partial charge on any atom is -0.339 e. The number of nitrogens with zero attached hydrogens (tertiary/aromatic N) is 4. The van der Waals surface area contributed by atoms with Crippen molar-refractivity contribution in [3.05, 3.63) is 17.5 Å². The highest BCUT2D eigenvalue weighted by atomic mass is 16.2. The maximum atomic E-state index is 12.0. The number of hydrogen-bond acceptors (Lipinski definition) is 3. The summed E-state index contributed by atoms with van der Waals surface area (Å²) in [6.45, 7) is 4.06. The van der Waals surface area contributed by atoms with Crippen LogP contribution < -0.4 is 0 Å². The van der Waals surface area contributed by atoms with Gasteiger partial charge in [0.05, 0.1) is 17.7 Å². The molecule has 16 heavy (non-hydrogen) atoms. The Bertz CT molecular complexity index is 430. The normalized spacial score (nSPS) is 11.9. The lowest BCUT2D eigenvalue weighted by molar-refractivity contribution is 0.0774. The smallest absolute Gasteiger partial charge is 0.271 e. The number of rotatable bonds is 3. The maximum absolute atomic E-state index is 12.0. The zero-order valence-corrected chi connectivity index (χ0v) is 10.1. The molecule has 0 saturated carbocycles. The van der Waals surface area contributed by atoms with Crippen LogP contribution in [0, 0.1) is 24.2 Å². The van der Waals surface area contributed by atoms with Crippen molar-refractivity contribution in [3.63, 3.8) is 0 Å². The van der Waals surface area contributed by atoms with E-state index in [1.54, 1.807) is 36.7 Å². The molecule has 0 fully saturated rings. The molecule has 0 aromatic carbocycles. The molecule has 0 radical (unpaired) electrons. The van der Waals surface area contributed by atoms with Crippen LogP contribution in [0.15, 0.2) is 6.07 Å². The van der Waals surface area contributed by atoms with Gasteiger partial charge in [0.2, 0.25) is 0 Å². The van der Waals surface area contributed by atoms with Crippen molar-refractivity contribution < 1.29 is 4.79 Å². The molecule has 0 bridgehead atoms. The van der Waals surface area contributed by atoms with Gasteiger partial charge in [0.25, 0.3) is 5.91 Å². The van der Waals surface area contributed by atoms with Crippen LogP contribution in [0.3, 0.4) is 0 Å². The predicted molar refractivity (Wildman–Crippen MR) is 59.7 cm³/mol. The molecule has 1 aromatic rings. The van der Waals surface area contributed by atoms with Crippen molar-refractivity contribution in [1.29, 1.82) is 5.26 Å². The summed E-state index contributed by atoms with van der Waals surface area (Å²) in [4.78, 5) is 13.5. The van der Waals surface area contributed by atoms with Crippen LogP contribution in [0.1, 0.15) is 23.1 Å². The van der Waals surface area contributed by atoms with Gasteiger partial charge in [0.1, 0.15) is 5.69 Å². The highest BCUT2D eigenvalue weighted by Gasteiger charge is 2.17. The van der Waals surface area contributed by atoms with Gasteiger partial charge in [-0.1, -0.05) is 0 Å². The molecule has 1 heterocycles. The van der Waals surface area contributed by atoms with E-state index >= 15 is 0 Å². The highest BCUT2D eigenvalue weighted by Crippen LogP contribution is 2.07. The fraction of sp³-hybridized carbons (Fsp3) is 0.545. The lowest BCUT2D eigenvalue weighted by Crippen LogP contribution is -2.32. The largest absolute Gasteiger partial charge is 0.339 e. The van der Waals surface area contributed by atoms with Gasteiger partial charge in [-0.15, -0.1) is 0 Å². The summed E-state index contributed by atoms with van der Waals surface area (Å²) in [7, 11) is 3.43. The molecule has 5 nitrogen and oxygen atoms in total. The summed E-state index contributed by atoms with van der Waals surface area (Å²) in [6, 6.07) is 3.85. The molecular weight excluding hydrogens is 204 g/mol. The highest BCUT2D eigenvalue weighted by molar-refractivity contribution is 5.92. The quantitative estimate of drug-likeness (QED) is 0.762. The number of amides is 1. The Kier molecular flexibility index (Phi) is 3.67. The number of carbonyl (C=O) groups is 1. The third-order valence-corrected chi connectivity index (χ3v) is 2.34. The van der Waals surface area contributed by atoms with E-state index in [0.717, 1.165) is 5.69 Å². The molecule has 0 spiro atoms. The monoisotopic (exact) mass is 220 g/mol. The molecule has 0 saturated heterocycles. The van der Waals surface area contributed by atoms with Crippen LogP contribution in [-0.2, 0) is 7.05 Å². The molecule has 0 aliphatic carbocycles. The van der Waals surface area contributed by atoms with Crippen molar-refractivity contribution in [2.45, 2.75) is 13.8 Å². The van der Waals surface area contributed by atoms with Crippen molar-refractivity contribution in [3.8, 4) is 6.07 Å². The third kappa shape index (κ3) is 2.60. The SMILES string of the molecule is Cc1cc(C(=O)N(C)CC(C)C#N)n(C)n1. The first-order chi connectivity index (χ1) is 7.45. The fourth-order valence-corrected chi connectivity index (χ4v) is 1.54. The van der Waals surface area contributed by atoms with E-state index in [1.807, 2.05) is 6.92 Å². The van der Waals surface area contributed by atoms with E-state index in [1.165, 1.54) is 0 Å². The zero-order chi connectivity index (χ0) is 12.3. The van der Waals surface area contributed by atoms with E-state index in [9.17, 15) is 4.79 Å². The standard InChI is InChI=1S/C11H16N4O/c1-8(6-12)7-14(3)11(16)10-5-9(2)13-15(10)4/h5,8H,7H2,1-4H3. The molecule has 1 unspecified atom stereocenters. The minimum absolute atomic E-state index is 0.106. The molecular formula is C11H16N4O. The predicted octanol–water partition coefficient (Wildman–Crippen LogP) is 0.960. The van der Waals surface area contributed by atoms with Gasteiger partial charge in [0.15, 0.2) is 0 Å². The van der Waals surface area contributed by atoms with Gasteiger partial charge in [-0.05, 0) is 19.9 Å². The van der Waals surface area contributed by atoms with Gasteiger partial charge in [-0.3, -0.25) is 9.48 Å². The molecule has 1 atom stereocenters. The number of carbonyl (C=O) groups excluding carboxylic acids is 1. The van der Waals surface area contributed by atoms with Crippen LogP contribution in [0.4, 0.5) is 0 Å². The van der Waals surface area contributed by atoms with Gasteiger partial charge in [-0.25, -0.2) is 0 Å². The second-order valence-corrected chi connectivity index (χ2v) is 4.01. The summed E-state index contributed by atoms with van der Waals surface area (Å²) in [5.74, 6) is -0.270. The third-order valence-electron chi connectivity index (χ3n) is 2.34. The zero-order valence-electron chi connectivity index (χ0n) is 10.1. The first-order valence-corrected chi connectivity index (χ1v) is 5.11. The number of aromatic nitrogens is 2. The Morgan fingerprint density at radius 1 is 1.75 bits per heavy atom. The van der Waals surface area contributed by atoms with E-state index < -0.39 is 0 Å². The second kappa shape index (κ2) is 4.79. The Morgan fingerprint density at radius 3 is 2.81 bits per heavy atom. The molecule has 1 rings (SSSR count). The Labute approximate surface area is 95.3 Å². The van der Waals surface area contributed by atoms with Crippen molar-refractivity contribution >= 4 is 5.91 Å². The Balaban J connectivity index is 2.79. The van der Waals surface area contributed by atoms with Crippen molar-refractivity contribution in [2.75, 3.05) is 13.6 Å². The van der Waals surface area contributed by atoms with Crippen LogP contribution in [0.25, 0.3) is 0 Å². The van der Waals surface area contributed by atoms with Crippen LogP contribution in [0.5, 0.6) is 0 Å². The van der Waals surface area contributed by atoms with Crippen LogP contribution in [-0.4, -0.2) is 34.2 Å². The maximum Gasteiger partial charge on any atom is 0.271 e. The fourth-order valence-electron chi connectivity index (χ4n) is 1.54. The van der Waals surface area contributed by atoms with Crippen LogP contribution in [0.2, 0.25) is 0 Å². The second-order valence-electron chi connectivity index (χ2n) is 4.01. The topological polar surface area (TPSA) is 61.9 Å². The Morgan fingerprint density at radius 2 is 2.38 bits per heavy atom. The van der Waals surface area contributed by atoms with E-state index in [-0.39, 0.29) is 11.8 Å². The summed E-state index contributed by atoms with van der Waals surface area (Å²) in [6.07, 6.45) is 0. The lowest BCUT2D eigenvalue weighted by atomic mass is 10.2. The molecule has 1 amide bonds. The van der Waals surface area contributed by atoms with Crippen LogP contribution >= 0.6 is 0 Å². The minimum atomic E-state index is -0.164. The van der Waals surface area contributed by atoms with E-state index in [4.69, 9.17) is 5.26 Å². The molecule has 1 aromatic heterocycles. The number of hydrogen-bond donors (Lipinski definition) is 0. The Hall–Kier alpha value is -1.83.